The van der Waals surface area contributed by atoms with Crippen LogP contribution in [0.15, 0.2) is 36.4 Å². The summed E-state index contributed by atoms with van der Waals surface area (Å²) in [6, 6.07) is 8.55. The first-order chi connectivity index (χ1) is 11.9. The van der Waals surface area contributed by atoms with Crippen LogP contribution in [0.4, 0.5) is 0 Å². The predicted octanol–water partition coefficient (Wildman–Crippen LogP) is 3.29. The summed E-state index contributed by atoms with van der Waals surface area (Å²) in [5.41, 5.74) is 0.688. The average molecular weight is 338 g/mol. The van der Waals surface area contributed by atoms with E-state index in [1.165, 1.54) is 6.07 Å². The molecule has 2 N–H and O–H groups in total. The van der Waals surface area contributed by atoms with E-state index in [4.69, 9.17) is 14.2 Å². The number of phenolic OH excluding ortho intramolecular Hbond substituents is 1. The highest BCUT2D eigenvalue weighted by molar-refractivity contribution is 5.66. The monoisotopic (exact) mass is 338 g/mol. The second-order valence-electron chi connectivity index (χ2n) is 7.36. The summed E-state index contributed by atoms with van der Waals surface area (Å²) in [6.07, 6.45) is 3.43. The van der Waals surface area contributed by atoms with E-state index >= 15 is 0 Å². The molecule has 5 nitrogen and oxygen atoms in total. The van der Waals surface area contributed by atoms with Crippen molar-refractivity contribution in [1.29, 1.82) is 0 Å². The molecule has 0 radical (unpaired) electrons. The van der Waals surface area contributed by atoms with E-state index in [1.54, 1.807) is 12.1 Å². The Kier molecular flexibility index (Phi) is 2.63. The van der Waals surface area contributed by atoms with Crippen molar-refractivity contribution in [1.82, 2.24) is 0 Å². The minimum absolute atomic E-state index is 0.0838. The van der Waals surface area contributed by atoms with Gasteiger partial charge < -0.3 is 24.4 Å². The summed E-state index contributed by atoms with van der Waals surface area (Å²) in [5.74, 6) is 1.99. The molecule has 5 rings (SSSR count). The molecule has 5 heteroatoms. The number of benzene rings is 2. The zero-order chi connectivity index (χ0) is 17.4. The fraction of sp³-hybridized carbons (Fsp3) is 0.300. The molecule has 2 aromatic rings. The van der Waals surface area contributed by atoms with E-state index in [2.05, 4.69) is 0 Å². The Balaban J connectivity index is 1.63. The second kappa shape index (κ2) is 4.49. The summed E-state index contributed by atoms with van der Waals surface area (Å²) in [4.78, 5) is 0. The van der Waals surface area contributed by atoms with Crippen molar-refractivity contribution in [3.05, 3.63) is 53.1 Å². The molecule has 3 heterocycles. The van der Waals surface area contributed by atoms with Crippen LogP contribution in [0.5, 0.6) is 23.0 Å². The maximum atomic E-state index is 11.2. The number of aliphatic hydroxyl groups is 1. The van der Waals surface area contributed by atoms with Gasteiger partial charge in [-0.3, -0.25) is 0 Å². The zero-order valence-electron chi connectivity index (χ0n) is 13.9. The first-order valence-corrected chi connectivity index (χ1v) is 8.27. The lowest BCUT2D eigenvalue weighted by Gasteiger charge is -2.36. The topological polar surface area (TPSA) is 68.2 Å². The van der Waals surface area contributed by atoms with Crippen molar-refractivity contribution in [2.45, 2.75) is 31.2 Å². The Hall–Kier alpha value is -2.66. The number of phenols is 1. The minimum Gasteiger partial charge on any atom is -0.508 e. The standard InChI is InChI=1S/C20H18O5/c1-19(2)6-5-11-7-13-16(9-15(11)25-19)23-10-20(22)14-4-3-12(21)8-17(14)24-18(13)20/h3-9,18,21-22H,10H2,1-2H3/t18-,20+/m0/s1. The lowest BCUT2D eigenvalue weighted by Crippen LogP contribution is -2.41. The molecule has 0 aliphatic carbocycles. The molecule has 0 aromatic heterocycles. The Morgan fingerprint density at radius 3 is 2.76 bits per heavy atom. The molecule has 0 saturated heterocycles. The summed E-state index contributed by atoms with van der Waals surface area (Å²) in [7, 11) is 0. The maximum absolute atomic E-state index is 11.2. The van der Waals surface area contributed by atoms with Gasteiger partial charge in [0.25, 0.3) is 0 Å². The van der Waals surface area contributed by atoms with Gasteiger partial charge in [-0.25, -0.2) is 0 Å². The fourth-order valence-electron chi connectivity index (χ4n) is 3.75. The molecule has 128 valence electrons. The van der Waals surface area contributed by atoms with Gasteiger partial charge in [-0.05, 0) is 38.1 Å². The van der Waals surface area contributed by atoms with Crippen LogP contribution in [-0.2, 0) is 5.60 Å². The summed E-state index contributed by atoms with van der Waals surface area (Å²) in [6.45, 7) is 4.07. The molecule has 0 bridgehead atoms. The van der Waals surface area contributed by atoms with Crippen LogP contribution in [0.3, 0.4) is 0 Å². The van der Waals surface area contributed by atoms with E-state index in [0.717, 1.165) is 16.9 Å². The van der Waals surface area contributed by atoms with E-state index in [9.17, 15) is 10.2 Å². The van der Waals surface area contributed by atoms with Gasteiger partial charge in [-0.2, -0.15) is 0 Å². The molecule has 3 aliphatic rings. The Bertz CT molecular complexity index is 930. The Labute approximate surface area is 145 Å². The Morgan fingerprint density at radius 2 is 1.92 bits per heavy atom. The van der Waals surface area contributed by atoms with Crippen molar-refractivity contribution in [2.75, 3.05) is 6.61 Å². The largest absolute Gasteiger partial charge is 0.508 e. The lowest BCUT2D eigenvalue weighted by molar-refractivity contribution is -0.0864. The minimum atomic E-state index is -1.28. The highest BCUT2D eigenvalue weighted by atomic mass is 16.5. The third kappa shape index (κ3) is 1.99. The SMILES string of the molecule is CC1(C)C=Cc2cc3c(cc2O1)OC[C@@]1(O)c2ccc(O)cc2O[C@@H]31. The van der Waals surface area contributed by atoms with Crippen LogP contribution in [0.1, 0.15) is 36.6 Å². The fourth-order valence-corrected chi connectivity index (χ4v) is 3.75. The van der Waals surface area contributed by atoms with E-state index in [0.29, 0.717) is 17.1 Å². The third-order valence-corrected chi connectivity index (χ3v) is 5.02. The molecule has 0 fully saturated rings. The highest BCUT2D eigenvalue weighted by Crippen LogP contribution is 2.55. The average Bonchev–Trinajstić information content (AvgIpc) is 2.85. The van der Waals surface area contributed by atoms with Crippen LogP contribution in [0.25, 0.3) is 6.08 Å². The van der Waals surface area contributed by atoms with E-state index < -0.39 is 11.7 Å². The molecule has 2 atom stereocenters. The Morgan fingerprint density at radius 1 is 1.08 bits per heavy atom. The van der Waals surface area contributed by atoms with Crippen LogP contribution in [0, 0.1) is 0 Å². The smallest absolute Gasteiger partial charge is 0.168 e. The van der Waals surface area contributed by atoms with Crippen molar-refractivity contribution in [2.24, 2.45) is 0 Å². The predicted molar refractivity (Wildman–Crippen MR) is 91.1 cm³/mol. The number of ether oxygens (including phenoxy) is 3. The normalized spacial score (nSPS) is 27.1. The third-order valence-electron chi connectivity index (χ3n) is 5.02. The van der Waals surface area contributed by atoms with E-state index in [1.807, 2.05) is 38.1 Å². The van der Waals surface area contributed by atoms with Gasteiger partial charge >= 0.3 is 0 Å². The number of rotatable bonds is 0. The van der Waals surface area contributed by atoms with Crippen LogP contribution in [0.2, 0.25) is 0 Å². The van der Waals surface area contributed by atoms with Gasteiger partial charge in [-0.1, -0.05) is 6.08 Å². The first-order valence-electron chi connectivity index (χ1n) is 8.27. The molecular weight excluding hydrogens is 320 g/mol. The zero-order valence-corrected chi connectivity index (χ0v) is 13.9. The van der Waals surface area contributed by atoms with Crippen molar-refractivity contribution < 1.29 is 24.4 Å². The summed E-state index contributed by atoms with van der Waals surface area (Å²) in [5, 5.41) is 20.9. The number of hydrogen-bond acceptors (Lipinski definition) is 5. The number of aromatic hydroxyl groups is 1. The van der Waals surface area contributed by atoms with Crippen LogP contribution >= 0.6 is 0 Å². The van der Waals surface area contributed by atoms with Gasteiger partial charge in [-0.15, -0.1) is 0 Å². The van der Waals surface area contributed by atoms with Crippen LogP contribution in [-0.4, -0.2) is 22.4 Å². The van der Waals surface area contributed by atoms with Gasteiger partial charge in [0, 0.05) is 28.8 Å². The lowest BCUT2D eigenvalue weighted by atomic mass is 9.84. The molecule has 2 aromatic carbocycles. The molecule has 3 aliphatic heterocycles. The maximum Gasteiger partial charge on any atom is 0.168 e. The number of hydrogen-bond donors (Lipinski definition) is 2. The summed E-state index contributed by atoms with van der Waals surface area (Å²) < 4.78 is 17.9. The van der Waals surface area contributed by atoms with Gasteiger partial charge in [0.05, 0.1) is 0 Å². The molecular formula is C20H18O5. The molecule has 0 amide bonds. The second-order valence-corrected chi connectivity index (χ2v) is 7.36. The molecule has 0 unspecified atom stereocenters. The molecule has 0 spiro atoms. The van der Waals surface area contributed by atoms with Gasteiger partial charge in [0.2, 0.25) is 0 Å². The molecule has 25 heavy (non-hydrogen) atoms. The summed E-state index contributed by atoms with van der Waals surface area (Å²) >= 11 is 0. The molecule has 0 saturated carbocycles. The van der Waals surface area contributed by atoms with Crippen molar-refractivity contribution in [3.63, 3.8) is 0 Å². The van der Waals surface area contributed by atoms with Gasteiger partial charge in [0.15, 0.2) is 11.7 Å². The highest BCUT2D eigenvalue weighted by Gasteiger charge is 2.53. The van der Waals surface area contributed by atoms with Gasteiger partial charge in [0.1, 0.15) is 35.2 Å². The van der Waals surface area contributed by atoms with Crippen molar-refractivity contribution in [3.8, 4) is 23.0 Å². The van der Waals surface area contributed by atoms with Crippen LogP contribution < -0.4 is 14.2 Å². The number of fused-ring (bicyclic) bond motifs is 6. The first kappa shape index (κ1) is 14.7. The van der Waals surface area contributed by atoms with E-state index in [-0.39, 0.29) is 18.0 Å². The quantitative estimate of drug-likeness (QED) is 0.771. The van der Waals surface area contributed by atoms with Crippen molar-refractivity contribution >= 4 is 6.08 Å².